The molecule has 0 saturated heterocycles. The summed E-state index contributed by atoms with van der Waals surface area (Å²) in [5.41, 5.74) is 5.98. The Labute approximate surface area is 122 Å². The molecular weight excluding hydrogens is 305 g/mol. The summed E-state index contributed by atoms with van der Waals surface area (Å²) in [6, 6.07) is 6.34. The first-order valence-corrected chi connectivity index (χ1v) is 6.94. The fourth-order valence-corrected chi connectivity index (χ4v) is 2.81. The Morgan fingerprint density at radius 1 is 1.29 bits per heavy atom. The quantitative estimate of drug-likeness (QED) is 0.925. The summed E-state index contributed by atoms with van der Waals surface area (Å²) in [4.78, 5) is 3.68. The summed E-state index contributed by atoms with van der Waals surface area (Å²) in [6.45, 7) is 0.178. The molecular formula is C13H11F3N2O2S. The Hall–Kier alpha value is -1.80. The van der Waals surface area contributed by atoms with E-state index in [0.717, 1.165) is 6.20 Å². The number of hydrogen-bond donors (Lipinski definition) is 1. The predicted molar refractivity (Wildman–Crippen MR) is 70.4 cm³/mol. The highest BCUT2D eigenvalue weighted by molar-refractivity contribution is 7.11. The summed E-state index contributed by atoms with van der Waals surface area (Å²) in [5, 5.41) is -0.912. The highest BCUT2D eigenvalue weighted by atomic mass is 32.1. The van der Waals surface area contributed by atoms with E-state index >= 15 is 0 Å². The average molecular weight is 316 g/mol. The second-order valence-electron chi connectivity index (χ2n) is 4.51. The third-order valence-corrected chi connectivity index (χ3v) is 4.17. The predicted octanol–water partition coefficient (Wildman–Crippen LogP) is 3.00. The van der Waals surface area contributed by atoms with Gasteiger partial charge < -0.3 is 15.2 Å². The number of ether oxygens (including phenoxy) is 2. The lowest BCUT2D eigenvalue weighted by molar-refractivity contribution is -0.137. The molecule has 0 saturated carbocycles. The molecule has 1 aliphatic heterocycles. The third kappa shape index (κ3) is 2.81. The van der Waals surface area contributed by atoms with Crippen LogP contribution in [0.1, 0.15) is 15.9 Å². The maximum absolute atomic E-state index is 12.6. The van der Waals surface area contributed by atoms with Crippen LogP contribution in [0.4, 0.5) is 13.2 Å². The zero-order chi connectivity index (χ0) is 15.0. The summed E-state index contributed by atoms with van der Waals surface area (Å²) < 4.78 is 48.9. The lowest BCUT2D eigenvalue weighted by Crippen LogP contribution is -2.38. The topological polar surface area (TPSA) is 57.4 Å². The standard InChI is InChI=1S/C13H11F3N2O2S/c14-13(15,16)12-18-5-10(21-12)11(17)9-6-19-7-3-1-2-4-8(7)20-9/h1-5,9,11H,6,17H2. The number of fused-ring (bicyclic) bond motifs is 1. The van der Waals surface area contributed by atoms with Crippen LogP contribution >= 0.6 is 11.3 Å². The Morgan fingerprint density at radius 3 is 2.67 bits per heavy atom. The largest absolute Gasteiger partial charge is 0.486 e. The van der Waals surface area contributed by atoms with Gasteiger partial charge in [-0.1, -0.05) is 12.1 Å². The summed E-state index contributed by atoms with van der Waals surface area (Å²) in [6.07, 6.45) is -3.87. The van der Waals surface area contributed by atoms with Gasteiger partial charge in [0.15, 0.2) is 22.6 Å². The van der Waals surface area contributed by atoms with Crippen molar-refractivity contribution in [2.45, 2.75) is 18.3 Å². The molecule has 4 nitrogen and oxygen atoms in total. The Bertz CT molecular complexity index is 644. The van der Waals surface area contributed by atoms with Crippen LogP contribution in [0.15, 0.2) is 30.5 Å². The molecule has 0 radical (unpaired) electrons. The van der Waals surface area contributed by atoms with Crippen molar-refractivity contribution >= 4 is 11.3 Å². The van der Waals surface area contributed by atoms with Crippen LogP contribution in [0.3, 0.4) is 0 Å². The second kappa shape index (κ2) is 5.19. The van der Waals surface area contributed by atoms with Crippen molar-refractivity contribution in [3.8, 4) is 11.5 Å². The average Bonchev–Trinajstić information content (AvgIpc) is 2.96. The van der Waals surface area contributed by atoms with Crippen molar-refractivity contribution < 1.29 is 22.6 Å². The first kappa shape index (κ1) is 14.2. The molecule has 1 aromatic carbocycles. The molecule has 2 aromatic rings. The highest BCUT2D eigenvalue weighted by Gasteiger charge is 2.36. The van der Waals surface area contributed by atoms with Gasteiger partial charge in [-0.2, -0.15) is 13.2 Å². The molecule has 0 bridgehead atoms. The molecule has 0 aliphatic carbocycles. The van der Waals surface area contributed by atoms with E-state index in [1.54, 1.807) is 24.3 Å². The molecule has 8 heteroatoms. The number of para-hydroxylation sites is 2. The van der Waals surface area contributed by atoms with Gasteiger partial charge in [-0.3, -0.25) is 0 Å². The van der Waals surface area contributed by atoms with Crippen LogP contribution < -0.4 is 15.2 Å². The maximum Gasteiger partial charge on any atom is 0.443 e. The molecule has 1 aliphatic rings. The number of thiazole rings is 1. The van der Waals surface area contributed by atoms with Gasteiger partial charge in [0.2, 0.25) is 0 Å². The van der Waals surface area contributed by atoms with Crippen molar-refractivity contribution in [2.24, 2.45) is 5.73 Å². The molecule has 2 N–H and O–H groups in total. The molecule has 2 unspecified atom stereocenters. The van der Waals surface area contributed by atoms with E-state index in [2.05, 4.69) is 4.98 Å². The van der Waals surface area contributed by atoms with Crippen LogP contribution in [0.5, 0.6) is 11.5 Å². The van der Waals surface area contributed by atoms with Crippen molar-refractivity contribution in [3.05, 3.63) is 40.3 Å². The van der Waals surface area contributed by atoms with Gasteiger partial charge in [0, 0.05) is 11.1 Å². The van der Waals surface area contributed by atoms with Crippen LogP contribution in [-0.4, -0.2) is 17.7 Å². The fraction of sp³-hybridized carbons (Fsp3) is 0.308. The maximum atomic E-state index is 12.6. The second-order valence-corrected chi connectivity index (χ2v) is 5.57. The number of rotatable bonds is 2. The minimum Gasteiger partial charge on any atom is -0.486 e. The zero-order valence-corrected chi connectivity index (χ0v) is 11.4. The molecule has 0 fully saturated rings. The van der Waals surface area contributed by atoms with Crippen LogP contribution in [0, 0.1) is 0 Å². The molecule has 21 heavy (non-hydrogen) atoms. The zero-order valence-electron chi connectivity index (χ0n) is 10.6. The van der Waals surface area contributed by atoms with Crippen molar-refractivity contribution in [2.75, 3.05) is 6.61 Å². The Balaban J connectivity index is 1.77. The lowest BCUT2D eigenvalue weighted by Gasteiger charge is -2.29. The van der Waals surface area contributed by atoms with E-state index < -0.39 is 23.3 Å². The SMILES string of the molecule is NC(c1cnc(C(F)(F)F)s1)C1COc2ccccc2O1. The molecule has 112 valence electrons. The molecule has 2 heterocycles. The molecule has 0 amide bonds. The summed E-state index contributed by atoms with van der Waals surface area (Å²) in [5.74, 6) is 1.13. The third-order valence-electron chi connectivity index (χ3n) is 3.03. The van der Waals surface area contributed by atoms with E-state index in [1.807, 2.05) is 0 Å². The molecule has 0 spiro atoms. The number of benzene rings is 1. The minimum absolute atomic E-state index is 0.178. The van der Waals surface area contributed by atoms with Crippen LogP contribution in [0.2, 0.25) is 0 Å². The number of aromatic nitrogens is 1. The van der Waals surface area contributed by atoms with Gasteiger partial charge >= 0.3 is 6.18 Å². The van der Waals surface area contributed by atoms with Gasteiger partial charge in [0.25, 0.3) is 0 Å². The van der Waals surface area contributed by atoms with Gasteiger partial charge in [0.05, 0.1) is 6.04 Å². The minimum atomic E-state index is -4.46. The summed E-state index contributed by atoms with van der Waals surface area (Å²) in [7, 11) is 0. The normalized spacial score (nSPS) is 19.3. The van der Waals surface area contributed by atoms with Gasteiger partial charge in [-0.05, 0) is 12.1 Å². The van der Waals surface area contributed by atoms with Crippen molar-refractivity contribution in [3.63, 3.8) is 0 Å². The van der Waals surface area contributed by atoms with Crippen LogP contribution in [-0.2, 0) is 6.18 Å². The number of nitrogens with zero attached hydrogens (tertiary/aromatic N) is 1. The number of nitrogens with two attached hydrogens (primary N) is 1. The smallest absolute Gasteiger partial charge is 0.443 e. The first-order chi connectivity index (χ1) is 9.95. The number of halogens is 3. The Kier molecular flexibility index (Phi) is 3.50. The van der Waals surface area contributed by atoms with Gasteiger partial charge in [-0.25, -0.2) is 4.98 Å². The number of alkyl halides is 3. The van der Waals surface area contributed by atoms with Crippen molar-refractivity contribution in [1.29, 1.82) is 0 Å². The molecule has 1 aromatic heterocycles. The van der Waals surface area contributed by atoms with E-state index in [9.17, 15) is 13.2 Å². The van der Waals surface area contributed by atoms with Crippen molar-refractivity contribution in [1.82, 2.24) is 4.98 Å². The fourth-order valence-electron chi connectivity index (χ4n) is 1.97. The van der Waals surface area contributed by atoms with E-state index in [1.165, 1.54) is 0 Å². The first-order valence-electron chi connectivity index (χ1n) is 6.12. The van der Waals surface area contributed by atoms with E-state index in [-0.39, 0.29) is 6.61 Å². The van der Waals surface area contributed by atoms with Gasteiger partial charge in [0.1, 0.15) is 6.61 Å². The van der Waals surface area contributed by atoms with E-state index in [0.29, 0.717) is 27.7 Å². The van der Waals surface area contributed by atoms with E-state index in [4.69, 9.17) is 15.2 Å². The Morgan fingerprint density at radius 2 is 2.00 bits per heavy atom. The highest BCUT2D eigenvalue weighted by Crippen LogP contribution is 2.37. The summed E-state index contributed by atoms with van der Waals surface area (Å²) >= 11 is 0.526. The lowest BCUT2D eigenvalue weighted by atomic mass is 10.1. The molecule has 3 rings (SSSR count). The number of hydrogen-bond acceptors (Lipinski definition) is 5. The monoisotopic (exact) mass is 316 g/mol. The van der Waals surface area contributed by atoms with Gasteiger partial charge in [-0.15, -0.1) is 11.3 Å². The molecule has 2 atom stereocenters. The van der Waals surface area contributed by atoms with Crippen LogP contribution in [0.25, 0.3) is 0 Å².